The lowest BCUT2D eigenvalue weighted by atomic mass is 10.2. The van der Waals surface area contributed by atoms with Crippen molar-refractivity contribution in [3.8, 4) is 22.9 Å². The third-order valence-corrected chi connectivity index (χ3v) is 4.70. The van der Waals surface area contributed by atoms with Gasteiger partial charge in [-0.15, -0.1) is 10.2 Å². The average Bonchev–Trinajstić information content (AvgIpc) is 3.28. The van der Waals surface area contributed by atoms with Crippen LogP contribution in [0.3, 0.4) is 0 Å². The number of hydrogen-bond acceptors (Lipinski definition) is 4. The summed E-state index contributed by atoms with van der Waals surface area (Å²) in [6.45, 7) is 3.65. The number of rotatable bonds is 5. The zero-order valence-electron chi connectivity index (χ0n) is 16.3. The largest absolute Gasteiger partial charge is 0.416 e. The van der Waals surface area contributed by atoms with Gasteiger partial charge in [0.2, 0.25) is 17.7 Å². The molecule has 0 spiro atoms. The van der Waals surface area contributed by atoms with Gasteiger partial charge in [0.05, 0.1) is 5.56 Å². The second kappa shape index (κ2) is 7.90. The van der Waals surface area contributed by atoms with Crippen LogP contribution in [0.1, 0.15) is 11.4 Å². The third-order valence-electron chi connectivity index (χ3n) is 4.70. The first-order valence-corrected chi connectivity index (χ1v) is 9.22. The minimum absolute atomic E-state index is 0.0323. The Bertz CT molecular complexity index is 1200. The molecular formula is C22H18F2N4O2. The molecule has 152 valence electrons. The number of nitrogens with one attached hydrogen (secondary N) is 1. The van der Waals surface area contributed by atoms with Crippen LogP contribution in [0.15, 0.2) is 59.0 Å². The molecule has 0 saturated heterocycles. The second-order valence-corrected chi connectivity index (χ2v) is 6.86. The zero-order valence-corrected chi connectivity index (χ0v) is 16.3. The van der Waals surface area contributed by atoms with Gasteiger partial charge >= 0.3 is 0 Å². The lowest BCUT2D eigenvalue weighted by molar-refractivity contribution is -0.116. The maximum Gasteiger partial charge on any atom is 0.249 e. The molecule has 0 fully saturated rings. The fraction of sp³-hybridized carbons (Fsp3) is 0.136. The minimum atomic E-state index is -0.758. The lowest BCUT2D eigenvalue weighted by Crippen LogP contribution is -2.20. The molecule has 0 aliphatic rings. The van der Waals surface area contributed by atoms with Crippen LogP contribution in [0.5, 0.6) is 0 Å². The Kier molecular flexibility index (Phi) is 5.14. The third kappa shape index (κ3) is 3.98. The highest BCUT2D eigenvalue weighted by molar-refractivity contribution is 5.90. The van der Waals surface area contributed by atoms with Gasteiger partial charge in [-0.05, 0) is 44.2 Å². The van der Waals surface area contributed by atoms with E-state index in [1.807, 2.05) is 50.2 Å². The summed E-state index contributed by atoms with van der Waals surface area (Å²) in [6.07, 6.45) is 0. The highest BCUT2D eigenvalue weighted by Gasteiger charge is 2.18. The summed E-state index contributed by atoms with van der Waals surface area (Å²) in [4.78, 5) is 12.4. The first kappa shape index (κ1) is 19.5. The summed E-state index contributed by atoms with van der Waals surface area (Å²) in [6, 6.07) is 14.1. The van der Waals surface area contributed by atoms with Crippen LogP contribution in [0.2, 0.25) is 0 Å². The number of carbonyl (C=O) groups is 1. The standard InChI is InChI=1S/C22H18F2N4O2/c1-13-8-19(22-27-26-21(30-22)15-6-4-3-5-7-15)14(2)28(13)12-20(29)25-18-10-16(23)9-17(24)11-18/h3-11H,12H2,1-2H3,(H,25,29). The normalized spacial score (nSPS) is 10.9. The highest BCUT2D eigenvalue weighted by atomic mass is 19.1. The van der Waals surface area contributed by atoms with Crippen LogP contribution >= 0.6 is 0 Å². The molecule has 1 amide bonds. The van der Waals surface area contributed by atoms with Gasteiger partial charge in [-0.25, -0.2) is 8.78 Å². The number of carbonyl (C=O) groups excluding carboxylic acids is 1. The molecule has 2 aromatic heterocycles. The first-order valence-electron chi connectivity index (χ1n) is 9.22. The maximum atomic E-state index is 13.3. The van der Waals surface area contributed by atoms with E-state index in [2.05, 4.69) is 15.5 Å². The van der Waals surface area contributed by atoms with E-state index in [1.165, 1.54) is 0 Å². The van der Waals surface area contributed by atoms with Gasteiger partial charge in [0.25, 0.3) is 0 Å². The molecule has 0 unspecified atom stereocenters. The van der Waals surface area contributed by atoms with E-state index in [0.29, 0.717) is 17.3 Å². The number of aromatic nitrogens is 3. The SMILES string of the molecule is Cc1cc(-c2nnc(-c3ccccc3)o2)c(C)n1CC(=O)Nc1cc(F)cc(F)c1. The van der Waals surface area contributed by atoms with Crippen molar-refractivity contribution in [2.75, 3.05) is 5.32 Å². The zero-order chi connectivity index (χ0) is 21.3. The molecule has 2 heterocycles. The predicted molar refractivity (Wildman–Crippen MR) is 108 cm³/mol. The summed E-state index contributed by atoms with van der Waals surface area (Å²) in [5, 5.41) is 10.7. The topological polar surface area (TPSA) is 73.0 Å². The van der Waals surface area contributed by atoms with Crippen molar-refractivity contribution < 1.29 is 18.0 Å². The molecule has 0 aliphatic carbocycles. The van der Waals surface area contributed by atoms with Crippen LogP contribution in [-0.2, 0) is 11.3 Å². The molecule has 6 nitrogen and oxygen atoms in total. The van der Waals surface area contributed by atoms with Crippen molar-refractivity contribution in [2.45, 2.75) is 20.4 Å². The van der Waals surface area contributed by atoms with Crippen molar-refractivity contribution >= 4 is 11.6 Å². The van der Waals surface area contributed by atoms with Gasteiger partial charge in [-0.2, -0.15) is 0 Å². The van der Waals surface area contributed by atoms with Crippen LogP contribution in [0.4, 0.5) is 14.5 Å². The summed E-state index contributed by atoms with van der Waals surface area (Å²) in [7, 11) is 0. The summed E-state index contributed by atoms with van der Waals surface area (Å²) in [5.74, 6) is -1.18. The Labute approximate surface area is 171 Å². The highest BCUT2D eigenvalue weighted by Crippen LogP contribution is 2.28. The van der Waals surface area contributed by atoms with E-state index in [-0.39, 0.29) is 12.2 Å². The van der Waals surface area contributed by atoms with Crippen molar-refractivity contribution in [3.05, 3.63) is 77.6 Å². The Morgan fingerprint density at radius 1 is 1.00 bits per heavy atom. The number of anilines is 1. The lowest BCUT2D eigenvalue weighted by Gasteiger charge is -2.10. The molecule has 8 heteroatoms. The molecule has 4 rings (SSSR count). The van der Waals surface area contributed by atoms with E-state index in [9.17, 15) is 13.6 Å². The van der Waals surface area contributed by atoms with E-state index in [1.54, 1.807) is 4.57 Å². The number of benzene rings is 2. The summed E-state index contributed by atoms with van der Waals surface area (Å²) >= 11 is 0. The molecule has 4 aromatic rings. The average molecular weight is 408 g/mol. The van der Waals surface area contributed by atoms with Gasteiger partial charge < -0.3 is 14.3 Å². The van der Waals surface area contributed by atoms with Crippen molar-refractivity contribution in [3.63, 3.8) is 0 Å². The second-order valence-electron chi connectivity index (χ2n) is 6.86. The number of nitrogens with zero attached hydrogens (tertiary/aromatic N) is 3. The maximum absolute atomic E-state index is 13.3. The van der Waals surface area contributed by atoms with E-state index >= 15 is 0 Å². The molecular weight excluding hydrogens is 390 g/mol. The number of aryl methyl sites for hydroxylation is 1. The van der Waals surface area contributed by atoms with Crippen molar-refractivity contribution in [1.82, 2.24) is 14.8 Å². The molecule has 2 aromatic carbocycles. The Balaban J connectivity index is 1.55. The summed E-state index contributed by atoms with van der Waals surface area (Å²) < 4.78 is 34.2. The molecule has 0 aliphatic heterocycles. The predicted octanol–water partition coefficient (Wildman–Crippen LogP) is 4.74. The Morgan fingerprint density at radius 3 is 2.37 bits per heavy atom. The van der Waals surface area contributed by atoms with Gasteiger partial charge in [-0.1, -0.05) is 18.2 Å². The number of hydrogen-bond donors (Lipinski definition) is 1. The molecule has 1 N–H and O–H groups in total. The van der Waals surface area contributed by atoms with Gasteiger partial charge in [0, 0.05) is 28.7 Å². The molecule has 0 saturated carbocycles. The van der Waals surface area contributed by atoms with E-state index in [0.717, 1.165) is 35.2 Å². The van der Waals surface area contributed by atoms with Gasteiger partial charge in [0.15, 0.2) is 0 Å². The quantitative estimate of drug-likeness (QED) is 0.518. The van der Waals surface area contributed by atoms with E-state index < -0.39 is 17.5 Å². The molecule has 0 atom stereocenters. The smallest absolute Gasteiger partial charge is 0.249 e. The molecule has 0 radical (unpaired) electrons. The molecule has 30 heavy (non-hydrogen) atoms. The van der Waals surface area contributed by atoms with E-state index in [4.69, 9.17) is 4.42 Å². The Morgan fingerprint density at radius 2 is 1.67 bits per heavy atom. The summed E-state index contributed by atoms with van der Waals surface area (Å²) in [5.41, 5.74) is 3.15. The van der Waals surface area contributed by atoms with Crippen molar-refractivity contribution in [1.29, 1.82) is 0 Å². The van der Waals surface area contributed by atoms with Gasteiger partial charge in [-0.3, -0.25) is 4.79 Å². The monoisotopic (exact) mass is 408 g/mol. The fourth-order valence-corrected chi connectivity index (χ4v) is 3.26. The van der Waals surface area contributed by atoms with Crippen LogP contribution in [-0.4, -0.2) is 20.7 Å². The fourth-order valence-electron chi connectivity index (χ4n) is 3.26. The molecule has 0 bridgehead atoms. The van der Waals surface area contributed by atoms with Gasteiger partial charge in [0.1, 0.15) is 18.2 Å². The van der Waals surface area contributed by atoms with Crippen molar-refractivity contribution in [2.24, 2.45) is 0 Å². The van der Waals surface area contributed by atoms with Crippen LogP contribution < -0.4 is 5.32 Å². The number of halogens is 2. The van der Waals surface area contributed by atoms with Crippen LogP contribution in [0.25, 0.3) is 22.9 Å². The first-order chi connectivity index (χ1) is 14.4. The minimum Gasteiger partial charge on any atom is -0.416 e. The van der Waals surface area contributed by atoms with Crippen LogP contribution in [0, 0.1) is 25.5 Å². The number of amides is 1. The Hall–Kier alpha value is -3.81.